The van der Waals surface area contributed by atoms with Gasteiger partial charge in [-0.1, -0.05) is 31.1 Å². The van der Waals surface area contributed by atoms with E-state index >= 15 is 0 Å². The fraction of sp³-hybridized carbons (Fsp3) is 0.357. The lowest BCUT2D eigenvalue weighted by molar-refractivity contribution is 0.0697. The molecular formula is C14H16N2O3. The Morgan fingerprint density at radius 2 is 2.00 bits per heavy atom. The molecule has 0 radical (unpaired) electrons. The lowest BCUT2D eigenvalue weighted by atomic mass is 10.1. The minimum atomic E-state index is -0.947. The van der Waals surface area contributed by atoms with E-state index < -0.39 is 5.97 Å². The molecule has 0 unspecified atom stereocenters. The molecule has 5 heteroatoms. The van der Waals surface area contributed by atoms with Crippen LogP contribution < -0.4 is 0 Å². The first-order valence-corrected chi connectivity index (χ1v) is 6.22. The lowest BCUT2D eigenvalue weighted by Gasteiger charge is -1.98. The van der Waals surface area contributed by atoms with E-state index in [-0.39, 0.29) is 5.56 Å². The number of hydrogen-bond acceptors (Lipinski definition) is 4. The molecule has 0 spiro atoms. The van der Waals surface area contributed by atoms with E-state index in [0.717, 1.165) is 18.4 Å². The third-order valence-corrected chi connectivity index (χ3v) is 2.79. The molecule has 100 valence electrons. The smallest absolute Gasteiger partial charge is 0.335 e. The van der Waals surface area contributed by atoms with Crippen molar-refractivity contribution >= 4 is 5.97 Å². The minimum Gasteiger partial charge on any atom is -0.478 e. The van der Waals surface area contributed by atoms with E-state index in [4.69, 9.17) is 9.63 Å². The van der Waals surface area contributed by atoms with Crippen LogP contribution in [0.4, 0.5) is 0 Å². The Bertz CT molecular complexity index is 558. The summed E-state index contributed by atoms with van der Waals surface area (Å²) in [6.45, 7) is 4.28. The van der Waals surface area contributed by atoms with Crippen LogP contribution in [-0.4, -0.2) is 21.2 Å². The molecule has 0 atom stereocenters. The molecule has 0 fully saturated rings. The van der Waals surface area contributed by atoms with E-state index in [9.17, 15) is 4.79 Å². The van der Waals surface area contributed by atoms with Crippen LogP contribution in [0, 0.1) is 5.92 Å². The normalized spacial score (nSPS) is 10.9. The zero-order chi connectivity index (χ0) is 13.8. The number of aryl methyl sites for hydroxylation is 1. The van der Waals surface area contributed by atoms with E-state index in [1.54, 1.807) is 12.1 Å². The predicted molar refractivity (Wildman–Crippen MR) is 69.9 cm³/mol. The summed E-state index contributed by atoms with van der Waals surface area (Å²) in [6, 6.07) is 6.42. The summed E-state index contributed by atoms with van der Waals surface area (Å²) < 4.78 is 5.17. The molecule has 0 saturated carbocycles. The maximum absolute atomic E-state index is 10.8. The highest BCUT2D eigenvalue weighted by molar-refractivity contribution is 5.88. The summed E-state index contributed by atoms with van der Waals surface area (Å²) in [4.78, 5) is 15.1. The molecule has 1 aromatic heterocycles. The van der Waals surface area contributed by atoms with Crippen LogP contribution in [-0.2, 0) is 6.42 Å². The Balaban J connectivity index is 2.11. The second-order valence-corrected chi connectivity index (χ2v) is 4.83. The van der Waals surface area contributed by atoms with Crippen LogP contribution in [0.25, 0.3) is 11.4 Å². The first kappa shape index (κ1) is 13.3. The zero-order valence-electron chi connectivity index (χ0n) is 11.0. The summed E-state index contributed by atoms with van der Waals surface area (Å²) in [7, 11) is 0. The number of aromatic carboxylic acids is 1. The largest absolute Gasteiger partial charge is 0.478 e. The molecule has 0 bridgehead atoms. The van der Waals surface area contributed by atoms with E-state index in [0.29, 0.717) is 17.6 Å². The minimum absolute atomic E-state index is 0.243. The Morgan fingerprint density at radius 1 is 1.32 bits per heavy atom. The van der Waals surface area contributed by atoms with E-state index in [1.165, 1.54) is 12.1 Å². The Hall–Kier alpha value is -2.17. The van der Waals surface area contributed by atoms with Gasteiger partial charge in [0.1, 0.15) is 0 Å². The number of hydrogen-bond donors (Lipinski definition) is 1. The van der Waals surface area contributed by atoms with Crippen molar-refractivity contribution in [3.8, 4) is 11.4 Å². The van der Waals surface area contributed by atoms with Gasteiger partial charge in [0.25, 0.3) is 0 Å². The molecular weight excluding hydrogens is 244 g/mol. The highest BCUT2D eigenvalue weighted by Crippen LogP contribution is 2.17. The molecule has 0 amide bonds. The second kappa shape index (κ2) is 5.65. The van der Waals surface area contributed by atoms with Gasteiger partial charge in [-0.15, -0.1) is 0 Å². The van der Waals surface area contributed by atoms with Gasteiger partial charge in [-0.05, 0) is 24.5 Å². The van der Waals surface area contributed by atoms with Crippen LogP contribution in [0.2, 0.25) is 0 Å². The van der Waals surface area contributed by atoms with Crippen LogP contribution in [0.15, 0.2) is 28.8 Å². The topological polar surface area (TPSA) is 76.2 Å². The summed E-state index contributed by atoms with van der Waals surface area (Å²) >= 11 is 0. The molecule has 0 aliphatic heterocycles. The van der Waals surface area contributed by atoms with Crippen molar-refractivity contribution in [2.45, 2.75) is 26.7 Å². The maximum Gasteiger partial charge on any atom is 0.335 e. The number of carboxylic acids is 1. The number of carboxylic acid groups (broad SMARTS) is 1. The number of benzene rings is 1. The molecule has 0 aliphatic rings. The quantitative estimate of drug-likeness (QED) is 0.894. The number of carbonyl (C=O) groups is 1. The summed E-state index contributed by atoms with van der Waals surface area (Å²) in [5, 5.41) is 12.7. The highest BCUT2D eigenvalue weighted by atomic mass is 16.5. The van der Waals surface area contributed by atoms with E-state index in [1.807, 2.05) is 0 Å². The first-order valence-electron chi connectivity index (χ1n) is 6.22. The average Bonchev–Trinajstić information content (AvgIpc) is 2.85. The van der Waals surface area contributed by atoms with Crippen molar-refractivity contribution in [3.05, 3.63) is 35.7 Å². The van der Waals surface area contributed by atoms with Gasteiger partial charge in [-0.3, -0.25) is 0 Å². The molecule has 1 aromatic carbocycles. The van der Waals surface area contributed by atoms with Gasteiger partial charge in [0.15, 0.2) is 0 Å². The standard InChI is InChI=1S/C14H16N2O3/c1-9(2)3-8-12-15-13(16-19-12)10-4-6-11(7-5-10)14(17)18/h4-7,9H,3,8H2,1-2H3,(H,17,18). The van der Waals surface area contributed by atoms with Crippen molar-refractivity contribution in [3.63, 3.8) is 0 Å². The van der Waals surface area contributed by atoms with Crippen LogP contribution in [0.5, 0.6) is 0 Å². The van der Waals surface area contributed by atoms with Crippen LogP contribution in [0.1, 0.15) is 36.5 Å². The van der Waals surface area contributed by atoms with Gasteiger partial charge < -0.3 is 9.63 Å². The molecule has 0 saturated heterocycles. The monoisotopic (exact) mass is 260 g/mol. The molecule has 5 nitrogen and oxygen atoms in total. The summed E-state index contributed by atoms with van der Waals surface area (Å²) in [5.74, 6) is 0.754. The molecule has 2 aromatic rings. The van der Waals surface area contributed by atoms with Gasteiger partial charge >= 0.3 is 5.97 Å². The first-order chi connectivity index (χ1) is 9.06. The Morgan fingerprint density at radius 3 is 2.58 bits per heavy atom. The maximum atomic E-state index is 10.8. The molecule has 1 N–H and O–H groups in total. The number of rotatable bonds is 5. The van der Waals surface area contributed by atoms with Crippen molar-refractivity contribution in [1.82, 2.24) is 10.1 Å². The van der Waals surface area contributed by atoms with Crippen molar-refractivity contribution in [2.75, 3.05) is 0 Å². The average molecular weight is 260 g/mol. The van der Waals surface area contributed by atoms with Gasteiger partial charge in [-0.2, -0.15) is 4.98 Å². The van der Waals surface area contributed by atoms with E-state index in [2.05, 4.69) is 24.0 Å². The van der Waals surface area contributed by atoms with Gasteiger partial charge in [0.2, 0.25) is 11.7 Å². The molecule has 1 heterocycles. The highest BCUT2D eigenvalue weighted by Gasteiger charge is 2.10. The van der Waals surface area contributed by atoms with Gasteiger partial charge in [-0.25, -0.2) is 4.79 Å². The Labute approximate surface area is 111 Å². The van der Waals surface area contributed by atoms with Crippen LogP contribution >= 0.6 is 0 Å². The molecule has 0 aliphatic carbocycles. The second-order valence-electron chi connectivity index (χ2n) is 4.83. The summed E-state index contributed by atoms with van der Waals surface area (Å²) in [5.41, 5.74) is 0.997. The SMILES string of the molecule is CC(C)CCc1nc(-c2ccc(C(=O)O)cc2)no1. The van der Waals surface area contributed by atoms with Crippen molar-refractivity contribution in [2.24, 2.45) is 5.92 Å². The summed E-state index contributed by atoms with van der Waals surface area (Å²) in [6.07, 6.45) is 1.76. The Kier molecular flexibility index (Phi) is 3.94. The fourth-order valence-corrected chi connectivity index (χ4v) is 1.65. The van der Waals surface area contributed by atoms with Crippen LogP contribution in [0.3, 0.4) is 0 Å². The molecule has 2 rings (SSSR count). The van der Waals surface area contributed by atoms with Crippen molar-refractivity contribution < 1.29 is 14.4 Å². The van der Waals surface area contributed by atoms with Gasteiger partial charge in [0, 0.05) is 12.0 Å². The van der Waals surface area contributed by atoms with Gasteiger partial charge in [0.05, 0.1) is 5.56 Å². The third kappa shape index (κ3) is 3.40. The lowest BCUT2D eigenvalue weighted by Crippen LogP contribution is -1.95. The van der Waals surface area contributed by atoms with Crippen molar-refractivity contribution in [1.29, 1.82) is 0 Å². The number of nitrogens with zero attached hydrogens (tertiary/aromatic N) is 2. The predicted octanol–water partition coefficient (Wildman–Crippen LogP) is 3.02. The third-order valence-electron chi connectivity index (χ3n) is 2.79. The molecule has 19 heavy (non-hydrogen) atoms. The fourth-order valence-electron chi connectivity index (χ4n) is 1.65. The zero-order valence-corrected chi connectivity index (χ0v) is 11.0. The number of aromatic nitrogens is 2.